The van der Waals surface area contributed by atoms with Gasteiger partial charge in [-0.3, -0.25) is 4.79 Å². The summed E-state index contributed by atoms with van der Waals surface area (Å²) < 4.78 is 0. The van der Waals surface area contributed by atoms with Crippen molar-refractivity contribution >= 4 is 23.3 Å². The number of hydrogen-bond donors (Lipinski definition) is 3. The Labute approximate surface area is 118 Å². The van der Waals surface area contributed by atoms with Crippen LogP contribution in [0.15, 0.2) is 36.4 Å². The number of urea groups is 1. The quantitative estimate of drug-likeness (QED) is 0.741. The molecule has 1 aromatic rings. The molecule has 106 valence electrons. The molecule has 0 aromatic heterocycles. The molecule has 1 aliphatic carbocycles. The fourth-order valence-electron chi connectivity index (χ4n) is 2.11. The summed E-state index contributed by atoms with van der Waals surface area (Å²) in [6.45, 7) is 0. The van der Waals surface area contributed by atoms with E-state index in [2.05, 4.69) is 28.1 Å². The number of hydrogen-bond acceptors (Lipinski definition) is 2. The van der Waals surface area contributed by atoms with Gasteiger partial charge in [0, 0.05) is 24.3 Å². The zero-order valence-electron chi connectivity index (χ0n) is 11.5. The number of nitrogens with one attached hydrogen (secondary N) is 3. The van der Waals surface area contributed by atoms with Crippen molar-refractivity contribution in [2.45, 2.75) is 19.3 Å². The van der Waals surface area contributed by atoms with Crippen LogP contribution in [-0.4, -0.2) is 19.0 Å². The maximum atomic E-state index is 12.1. The first kappa shape index (κ1) is 14.1. The van der Waals surface area contributed by atoms with Crippen LogP contribution < -0.4 is 16.0 Å². The SMILES string of the molecule is CNC(=O)Nc1ccc(NC(=O)[C@@H]2CC=CCC2)cc1. The number of allylic oxidation sites excluding steroid dienone is 2. The lowest BCUT2D eigenvalue weighted by atomic mass is 9.93. The lowest BCUT2D eigenvalue weighted by molar-refractivity contribution is -0.120. The monoisotopic (exact) mass is 273 g/mol. The van der Waals surface area contributed by atoms with E-state index in [4.69, 9.17) is 0 Å². The lowest BCUT2D eigenvalue weighted by Crippen LogP contribution is -2.24. The molecular formula is C15H19N3O2. The van der Waals surface area contributed by atoms with E-state index in [-0.39, 0.29) is 17.9 Å². The Morgan fingerprint density at radius 2 is 1.70 bits per heavy atom. The van der Waals surface area contributed by atoms with Crippen molar-refractivity contribution in [3.63, 3.8) is 0 Å². The van der Waals surface area contributed by atoms with E-state index in [1.165, 1.54) is 0 Å². The van der Waals surface area contributed by atoms with Crippen LogP contribution in [0.2, 0.25) is 0 Å². The standard InChI is InChI=1S/C15H19N3O2/c1-16-15(20)18-13-9-7-12(8-10-13)17-14(19)11-5-3-2-4-6-11/h2-3,7-11H,4-6H2,1H3,(H,17,19)(H2,16,18,20)/t11-/m1/s1. The Morgan fingerprint density at radius 3 is 2.25 bits per heavy atom. The molecule has 0 fully saturated rings. The van der Waals surface area contributed by atoms with Crippen molar-refractivity contribution in [1.29, 1.82) is 0 Å². The molecule has 3 N–H and O–H groups in total. The predicted octanol–water partition coefficient (Wildman–Crippen LogP) is 2.73. The third-order valence-corrected chi connectivity index (χ3v) is 3.28. The van der Waals surface area contributed by atoms with Crippen LogP contribution >= 0.6 is 0 Å². The number of amides is 3. The average Bonchev–Trinajstić information content (AvgIpc) is 2.50. The van der Waals surface area contributed by atoms with Gasteiger partial charge in [0.05, 0.1) is 0 Å². The lowest BCUT2D eigenvalue weighted by Gasteiger charge is -2.17. The summed E-state index contributed by atoms with van der Waals surface area (Å²) in [4.78, 5) is 23.2. The van der Waals surface area contributed by atoms with E-state index in [0.29, 0.717) is 5.69 Å². The van der Waals surface area contributed by atoms with E-state index in [9.17, 15) is 9.59 Å². The third kappa shape index (κ3) is 3.85. The second-order valence-electron chi connectivity index (χ2n) is 4.75. The van der Waals surface area contributed by atoms with E-state index in [1.807, 2.05) is 0 Å². The number of anilines is 2. The predicted molar refractivity (Wildman–Crippen MR) is 79.6 cm³/mol. The fourth-order valence-corrected chi connectivity index (χ4v) is 2.11. The van der Waals surface area contributed by atoms with Crippen LogP contribution in [0.5, 0.6) is 0 Å². The zero-order valence-corrected chi connectivity index (χ0v) is 11.5. The van der Waals surface area contributed by atoms with E-state index < -0.39 is 0 Å². The highest BCUT2D eigenvalue weighted by molar-refractivity contribution is 5.93. The van der Waals surface area contributed by atoms with Crippen molar-refractivity contribution in [1.82, 2.24) is 5.32 Å². The molecule has 0 spiro atoms. The summed E-state index contributed by atoms with van der Waals surface area (Å²) in [6, 6.07) is 6.80. The van der Waals surface area contributed by atoms with Gasteiger partial charge in [-0.15, -0.1) is 0 Å². The van der Waals surface area contributed by atoms with Crippen LogP contribution in [-0.2, 0) is 4.79 Å². The second-order valence-corrected chi connectivity index (χ2v) is 4.75. The normalized spacial score (nSPS) is 17.4. The van der Waals surface area contributed by atoms with Gasteiger partial charge in [-0.05, 0) is 43.5 Å². The van der Waals surface area contributed by atoms with Crippen LogP contribution in [0.1, 0.15) is 19.3 Å². The van der Waals surface area contributed by atoms with Crippen LogP contribution in [0.4, 0.5) is 16.2 Å². The van der Waals surface area contributed by atoms with Crippen molar-refractivity contribution in [2.24, 2.45) is 5.92 Å². The van der Waals surface area contributed by atoms with Gasteiger partial charge in [-0.25, -0.2) is 4.79 Å². The van der Waals surface area contributed by atoms with Crippen molar-refractivity contribution in [2.75, 3.05) is 17.7 Å². The fraction of sp³-hybridized carbons (Fsp3) is 0.333. The van der Waals surface area contributed by atoms with Crippen molar-refractivity contribution in [3.05, 3.63) is 36.4 Å². The van der Waals surface area contributed by atoms with Gasteiger partial charge in [0.2, 0.25) is 5.91 Å². The first-order valence-corrected chi connectivity index (χ1v) is 6.73. The molecule has 0 unspecified atom stereocenters. The molecule has 20 heavy (non-hydrogen) atoms. The molecule has 5 heteroatoms. The Bertz CT molecular complexity index is 508. The highest BCUT2D eigenvalue weighted by atomic mass is 16.2. The Hall–Kier alpha value is -2.30. The highest BCUT2D eigenvalue weighted by Crippen LogP contribution is 2.21. The van der Waals surface area contributed by atoms with Gasteiger partial charge < -0.3 is 16.0 Å². The summed E-state index contributed by atoms with van der Waals surface area (Å²) >= 11 is 0. The Morgan fingerprint density at radius 1 is 1.05 bits per heavy atom. The maximum absolute atomic E-state index is 12.1. The molecule has 3 amide bonds. The Balaban J connectivity index is 1.91. The molecule has 0 saturated carbocycles. The smallest absolute Gasteiger partial charge is 0.318 e. The van der Waals surface area contributed by atoms with Gasteiger partial charge in [0.25, 0.3) is 0 Å². The molecule has 0 radical (unpaired) electrons. The number of rotatable bonds is 3. The first-order valence-electron chi connectivity index (χ1n) is 6.73. The summed E-state index contributed by atoms with van der Waals surface area (Å²) in [5.41, 5.74) is 1.43. The Kier molecular flexibility index (Phi) is 4.76. The van der Waals surface area contributed by atoms with Crippen molar-refractivity contribution in [3.8, 4) is 0 Å². The summed E-state index contributed by atoms with van der Waals surface area (Å²) in [5, 5.41) is 8.05. The molecule has 1 aromatic carbocycles. The minimum Gasteiger partial charge on any atom is -0.341 e. The van der Waals surface area contributed by atoms with Gasteiger partial charge in [-0.1, -0.05) is 12.2 Å². The molecule has 1 aliphatic rings. The van der Waals surface area contributed by atoms with Gasteiger partial charge >= 0.3 is 6.03 Å². The van der Waals surface area contributed by atoms with Crippen LogP contribution in [0, 0.1) is 5.92 Å². The highest BCUT2D eigenvalue weighted by Gasteiger charge is 2.18. The topological polar surface area (TPSA) is 70.2 Å². The summed E-state index contributed by atoms with van der Waals surface area (Å²) in [6.07, 6.45) is 6.85. The van der Waals surface area contributed by atoms with Gasteiger partial charge in [0.1, 0.15) is 0 Å². The van der Waals surface area contributed by atoms with Crippen molar-refractivity contribution < 1.29 is 9.59 Å². The number of carbonyl (C=O) groups excluding carboxylic acids is 2. The van der Waals surface area contributed by atoms with E-state index >= 15 is 0 Å². The summed E-state index contributed by atoms with van der Waals surface area (Å²) in [7, 11) is 1.56. The summed E-state index contributed by atoms with van der Waals surface area (Å²) in [5.74, 6) is 0.116. The molecule has 0 aliphatic heterocycles. The molecule has 1 atom stereocenters. The number of carbonyl (C=O) groups is 2. The largest absolute Gasteiger partial charge is 0.341 e. The van der Waals surface area contributed by atoms with Gasteiger partial charge in [-0.2, -0.15) is 0 Å². The molecule has 0 heterocycles. The molecule has 0 saturated heterocycles. The third-order valence-electron chi connectivity index (χ3n) is 3.28. The van der Waals surface area contributed by atoms with Gasteiger partial charge in [0.15, 0.2) is 0 Å². The van der Waals surface area contributed by atoms with E-state index in [1.54, 1.807) is 31.3 Å². The zero-order chi connectivity index (χ0) is 14.4. The second kappa shape index (κ2) is 6.75. The minimum absolute atomic E-state index is 0.0568. The molecule has 5 nitrogen and oxygen atoms in total. The average molecular weight is 273 g/mol. The van der Waals surface area contributed by atoms with E-state index in [0.717, 1.165) is 24.9 Å². The van der Waals surface area contributed by atoms with Crippen LogP contribution in [0.3, 0.4) is 0 Å². The number of benzene rings is 1. The first-order chi connectivity index (χ1) is 9.69. The molecule has 2 rings (SSSR count). The molecule has 0 bridgehead atoms. The molecular weight excluding hydrogens is 254 g/mol. The van der Waals surface area contributed by atoms with Crippen LogP contribution in [0.25, 0.3) is 0 Å². The minimum atomic E-state index is -0.268. The maximum Gasteiger partial charge on any atom is 0.318 e.